The summed E-state index contributed by atoms with van der Waals surface area (Å²) in [5.41, 5.74) is 3.36. The van der Waals surface area contributed by atoms with Crippen LogP contribution in [0.2, 0.25) is 0 Å². The number of carbonyl (C=O) groups is 1. The summed E-state index contributed by atoms with van der Waals surface area (Å²) in [4.78, 5) is 13.2. The maximum atomic E-state index is 11.6. The predicted octanol–water partition coefficient (Wildman–Crippen LogP) is 3.13. The van der Waals surface area contributed by atoms with E-state index in [2.05, 4.69) is 44.4 Å². The molecule has 25 heavy (non-hydrogen) atoms. The Bertz CT molecular complexity index is 683. The second-order valence-corrected chi connectivity index (χ2v) is 7.60. The van der Waals surface area contributed by atoms with E-state index in [0.717, 1.165) is 30.9 Å². The number of carbonyl (C=O) groups excluding carboxylic acids is 1. The van der Waals surface area contributed by atoms with Crippen molar-refractivity contribution in [3.05, 3.63) is 47.8 Å². The maximum Gasteiger partial charge on any atom is 0.222 e. The van der Waals surface area contributed by atoms with Crippen LogP contribution in [0.3, 0.4) is 0 Å². The number of aromatic nitrogens is 2. The van der Waals surface area contributed by atoms with Gasteiger partial charge >= 0.3 is 0 Å². The molecule has 0 atom stereocenters. The Morgan fingerprint density at radius 3 is 2.48 bits per heavy atom. The molecule has 1 amide bonds. The second kappa shape index (κ2) is 8.30. The van der Waals surface area contributed by atoms with Crippen LogP contribution < -0.4 is 5.32 Å². The molecule has 0 aliphatic heterocycles. The van der Waals surface area contributed by atoms with E-state index < -0.39 is 0 Å². The lowest BCUT2D eigenvalue weighted by Crippen LogP contribution is -2.24. The van der Waals surface area contributed by atoms with Crippen molar-refractivity contribution in [1.82, 2.24) is 20.0 Å². The summed E-state index contributed by atoms with van der Waals surface area (Å²) in [7, 11) is 3.59. The minimum Gasteiger partial charge on any atom is -0.349 e. The molecular formula is C20H30N4O. The topological polar surface area (TPSA) is 50.2 Å². The minimum absolute atomic E-state index is 0.0159. The highest BCUT2D eigenvalue weighted by molar-refractivity contribution is 5.75. The first-order valence-corrected chi connectivity index (χ1v) is 8.84. The van der Waals surface area contributed by atoms with Crippen LogP contribution in [-0.4, -0.2) is 41.2 Å². The zero-order valence-corrected chi connectivity index (χ0v) is 16.0. The van der Waals surface area contributed by atoms with Crippen molar-refractivity contribution in [2.45, 2.75) is 45.6 Å². The van der Waals surface area contributed by atoms with Gasteiger partial charge < -0.3 is 10.2 Å². The zero-order valence-electron chi connectivity index (χ0n) is 16.0. The lowest BCUT2D eigenvalue weighted by molar-refractivity contribution is -0.128. The summed E-state index contributed by atoms with van der Waals surface area (Å²) in [5.74, 6) is 0.175. The summed E-state index contributed by atoms with van der Waals surface area (Å²) in [5, 5.41) is 8.27. The molecule has 136 valence electrons. The Balaban J connectivity index is 2.02. The highest BCUT2D eigenvalue weighted by atomic mass is 16.2. The molecule has 0 aliphatic carbocycles. The molecule has 0 unspecified atom stereocenters. The number of para-hydroxylation sites is 1. The summed E-state index contributed by atoms with van der Waals surface area (Å²) in [6.45, 7) is 8.13. The van der Waals surface area contributed by atoms with Crippen LogP contribution in [0.5, 0.6) is 0 Å². The minimum atomic E-state index is -0.0159. The average molecular weight is 342 g/mol. The number of hydrogen-bond donors (Lipinski definition) is 1. The van der Waals surface area contributed by atoms with Gasteiger partial charge in [-0.1, -0.05) is 39.0 Å². The molecule has 0 aliphatic rings. The van der Waals surface area contributed by atoms with E-state index >= 15 is 0 Å². The van der Waals surface area contributed by atoms with Gasteiger partial charge in [0.2, 0.25) is 5.91 Å². The van der Waals surface area contributed by atoms with Crippen LogP contribution in [0.1, 0.15) is 44.9 Å². The summed E-state index contributed by atoms with van der Waals surface area (Å²) in [6, 6.07) is 10.2. The van der Waals surface area contributed by atoms with Crippen LogP contribution in [0.15, 0.2) is 36.5 Å². The zero-order chi connectivity index (χ0) is 18.4. The van der Waals surface area contributed by atoms with Crippen molar-refractivity contribution in [2.75, 3.05) is 20.6 Å². The van der Waals surface area contributed by atoms with Gasteiger partial charge in [-0.25, -0.2) is 4.68 Å². The first kappa shape index (κ1) is 19.2. The van der Waals surface area contributed by atoms with Crippen LogP contribution in [0, 0.1) is 0 Å². The highest BCUT2D eigenvalue weighted by Gasteiger charge is 2.22. The normalized spacial score (nSPS) is 11.6. The Hall–Kier alpha value is -2.14. The molecule has 0 fully saturated rings. The summed E-state index contributed by atoms with van der Waals surface area (Å²) in [6.07, 6.45) is 3.53. The third-order valence-electron chi connectivity index (χ3n) is 4.08. The van der Waals surface area contributed by atoms with Gasteiger partial charge in [0.15, 0.2) is 0 Å². The lowest BCUT2D eigenvalue weighted by atomic mass is 9.89. The highest BCUT2D eigenvalue weighted by Crippen LogP contribution is 2.25. The van der Waals surface area contributed by atoms with Gasteiger partial charge in [0, 0.05) is 44.2 Å². The SMILES string of the molecule is CN(C)C(=O)CCCNCc1cn(-c2ccccc2)nc1C(C)(C)C. The van der Waals surface area contributed by atoms with Crippen molar-refractivity contribution in [2.24, 2.45) is 0 Å². The number of nitrogens with one attached hydrogen (secondary N) is 1. The fourth-order valence-corrected chi connectivity index (χ4v) is 2.69. The molecule has 0 spiro atoms. The fraction of sp³-hybridized carbons (Fsp3) is 0.500. The van der Waals surface area contributed by atoms with Gasteiger partial charge in [-0.15, -0.1) is 0 Å². The lowest BCUT2D eigenvalue weighted by Gasteiger charge is -2.17. The van der Waals surface area contributed by atoms with Gasteiger partial charge in [0.25, 0.3) is 0 Å². The van der Waals surface area contributed by atoms with Gasteiger partial charge in [-0.2, -0.15) is 5.10 Å². The molecule has 0 radical (unpaired) electrons. The van der Waals surface area contributed by atoms with Crippen LogP contribution >= 0.6 is 0 Å². The van der Waals surface area contributed by atoms with Crippen LogP contribution in [0.25, 0.3) is 5.69 Å². The fourth-order valence-electron chi connectivity index (χ4n) is 2.69. The van der Waals surface area contributed by atoms with E-state index in [4.69, 9.17) is 5.10 Å². The number of nitrogens with zero attached hydrogens (tertiary/aromatic N) is 3. The predicted molar refractivity (Wildman–Crippen MR) is 102 cm³/mol. The molecule has 5 heteroatoms. The van der Waals surface area contributed by atoms with Gasteiger partial charge in [0.05, 0.1) is 11.4 Å². The van der Waals surface area contributed by atoms with Gasteiger partial charge in [0.1, 0.15) is 0 Å². The molecular weight excluding hydrogens is 312 g/mol. The van der Waals surface area contributed by atoms with Crippen molar-refractivity contribution >= 4 is 5.91 Å². The van der Waals surface area contributed by atoms with E-state index in [-0.39, 0.29) is 11.3 Å². The Labute approximate surface area is 151 Å². The number of amides is 1. The van der Waals surface area contributed by atoms with Gasteiger partial charge in [-0.05, 0) is 25.1 Å². The Kier molecular flexibility index (Phi) is 6.37. The van der Waals surface area contributed by atoms with Crippen molar-refractivity contribution in [3.8, 4) is 5.69 Å². The van der Waals surface area contributed by atoms with Crippen molar-refractivity contribution in [3.63, 3.8) is 0 Å². The molecule has 1 heterocycles. The molecule has 1 aromatic heterocycles. The average Bonchev–Trinajstić information content (AvgIpc) is 2.99. The Morgan fingerprint density at radius 1 is 1.20 bits per heavy atom. The van der Waals surface area contributed by atoms with E-state index in [0.29, 0.717) is 6.42 Å². The maximum absolute atomic E-state index is 11.6. The third-order valence-corrected chi connectivity index (χ3v) is 4.08. The van der Waals surface area contributed by atoms with Crippen LogP contribution in [0.4, 0.5) is 0 Å². The Morgan fingerprint density at radius 2 is 1.88 bits per heavy atom. The molecule has 0 bridgehead atoms. The molecule has 0 saturated heterocycles. The quantitative estimate of drug-likeness (QED) is 0.787. The molecule has 0 saturated carbocycles. The number of benzene rings is 1. The van der Waals surface area contributed by atoms with E-state index in [1.807, 2.05) is 22.9 Å². The largest absolute Gasteiger partial charge is 0.349 e. The standard InChI is InChI=1S/C20H30N4O/c1-20(2,3)19-16(14-21-13-9-12-18(25)23(4)5)15-24(22-19)17-10-7-6-8-11-17/h6-8,10-11,15,21H,9,12-14H2,1-5H3. The number of rotatable bonds is 7. The second-order valence-electron chi connectivity index (χ2n) is 7.60. The molecule has 2 rings (SSSR count). The number of hydrogen-bond acceptors (Lipinski definition) is 3. The van der Waals surface area contributed by atoms with Gasteiger partial charge in [-0.3, -0.25) is 4.79 Å². The molecule has 5 nitrogen and oxygen atoms in total. The van der Waals surface area contributed by atoms with Crippen LogP contribution in [-0.2, 0) is 16.8 Å². The summed E-state index contributed by atoms with van der Waals surface area (Å²) < 4.78 is 1.95. The van der Waals surface area contributed by atoms with E-state index in [1.165, 1.54) is 5.56 Å². The monoisotopic (exact) mass is 342 g/mol. The first-order chi connectivity index (χ1) is 11.8. The smallest absolute Gasteiger partial charge is 0.222 e. The van der Waals surface area contributed by atoms with Crippen molar-refractivity contribution < 1.29 is 4.79 Å². The van der Waals surface area contributed by atoms with E-state index in [9.17, 15) is 4.79 Å². The molecule has 1 aromatic carbocycles. The van der Waals surface area contributed by atoms with Crippen molar-refractivity contribution in [1.29, 1.82) is 0 Å². The first-order valence-electron chi connectivity index (χ1n) is 8.84. The molecule has 2 aromatic rings. The van der Waals surface area contributed by atoms with E-state index in [1.54, 1.807) is 19.0 Å². The summed E-state index contributed by atoms with van der Waals surface area (Å²) >= 11 is 0. The third kappa shape index (κ3) is 5.43. The molecule has 1 N–H and O–H groups in total.